The first kappa shape index (κ1) is 17.0. The van der Waals surface area contributed by atoms with Crippen LogP contribution in [0.25, 0.3) is 5.69 Å². The van der Waals surface area contributed by atoms with Gasteiger partial charge in [0.1, 0.15) is 11.5 Å². The summed E-state index contributed by atoms with van der Waals surface area (Å²) in [5.74, 6) is 0.868. The molecule has 1 aromatic carbocycles. The van der Waals surface area contributed by atoms with Crippen molar-refractivity contribution >= 4 is 17.7 Å². The topological polar surface area (TPSA) is 46.9 Å². The average molecular weight is 347 g/mol. The van der Waals surface area contributed by atoms with Gasteiger partial charge in [0, 0.05) is 23.1 Å². The predicted octanol–water partition coefficient (Wildman–Crippen LogP) is 3.18. The number of hydrogen-bond donors (Lipinski definition) is 1. The molecule has 0 radical (unpaired) electrons. The highest BCUT2D eigenvalue weighted by Crippen LogP contribution is 2.25. The molecule has 1 aliphatic rings. The van der Waals surface area contributed by atoms with E-state index in [0.29, 0.717) is 10.9 Å². The van der Waals surface area contributed by atoms with E-state index in [2.05, 4.69) is 10.4 Å². The average Bonchev–Trinajstić information content (AvgIpc) is 3.17. The maximum Gasteiger partial charge on any atom is 0.224 e. The molecule has 0 bridgehead atoms. The van der Waals surface area contributed by atoms with Crippen LogP contribution in [-0.2, 0) is 11.2 Å². The minimum atomic E-state index is -0.322. The molecular weight excluding hydrogens is 325 g/mol. The molecule has 24 heavy (non-hydrogen) atoms. The smallest absolute Gasteiger partial charge is 0.224 e. The normalized spacial score (nSPS) is 17.2. The van der Waals surface area contributed by atoms with E-state index in [1.54, 1.807) is 22.9 Å². The summed E-state index contributed by atoms with van der Waals surface area (Å²) in [6.07, 6.45) is 2.69. The van der Waals surface area contributed by atoms with E-state index in [9.17, 15) is 9.18 Å². The first-order valence-corrected chi connectivity index (χ1v) is 9.29. The van der Waals surface area contributed by atoms with Gasteiger partial charge >= 0.3 is 0 Å². The fraction of sp³-hybridized carbons (Fsp3) is 0.444. The Balaban J connectivity index is 1.72. The molecule has 1 aliphatic heterocycles. The molecule has 2 heterocycles. The zero-order valence-electron chi connectivity index (χ0n) is 14.0. The number of amides is 1. The summed E-state index contributed by atoms with van der Waals surface area (Å²) < 4.78 is 15.6. The Morgan fingerprint density at radius 3 is 2.92 bits per heavy atom. The number of halogens is 1. The largest absolute Gasteiger partial charge is 0.355 e. The molecule has 1 aromatic heterocycles. The Kier molecular flexibility index (Phi) is 5.23. The van der Waals surface area contributed by atoms with Crippen molar-refractivity contribution in [1.29, 1.82) is 0 Å². The molecule has 0 aliphatic carbocycles. The minimum Gasteiger partial charge on any atom is -0.355 e. The van der Waals surface area contributed by atoms with Crippen molar-refractivity contribution in [1.82, 2.24) is 15.1 Å². The van der Waals surface area contributed by atoms with Gasteiger partial charge in [-0.2, -0.15) is 16.9 Å². The Bertz CT molecular complexity index is 738. The fourth-order valence-electron chi connectivity index (χ4n) is 3.04. The number of carbonyl (C=O) groups is 1. The number of aryl methyl sites for hydroxylation is 1. The van der Waals surface area contributed by atoms with Crippen LogP contribution < -0.4 is 5.32 Å². The maximum atomic E-state index is 14.0. The molecule has 1 atom stereocenters. The molecular formula is C18H22FN3OS. The van der Waals surface area contributed by atoms with Crippen LogP contribution in [0.4, 0.5) is 4.39 Å². The summed E-state index contributed by atoms with van der Waals surface area (Å²) in [6.45, 7) is 4.46. The van der Waals surface area contributed by atoms with Crippen molar-refractivity contribution in [2.45, 2.75) is 38.4 Å². The van der Waals surface area contributed by atoms with Gasteiger partial charge in [-0.3, -0.25) is 4.79 Å². The van der Waals surface area contributed by atoms with Gasteiger partial charge in [-0.05, 0) is 44.6 Å². The summed E-state index contributed by atoms with van der Waals surface area (Å²) in [6, 6.07) is 6.54. The summed E-state index contributed by atoms with van der Waals surface area (Å²) in [4.78, 5) is 12.3. The summed E-state index contributed by atoms with van der Waals surface area (Å²) in [5.41, 5.74) is 2.85. The molecule has 0 spiro atoms. The molecule has 6 heteroatoms. The van der Waals surface area contributed by atoms with E-state index in [1.165, 1.54) is 24.7 Å². The summed E-state index contributed by atoms with van der Waals surface area (Å²) in [5, 5.41) is 7.98. The van der Waals surface area contributed by atoms with Gasteiger partial charge in [-0.15, -0.1) is 0 Å². The molecule has 0 saturated carbocycles. The van der Waals surface area contributed by atoms with Gasteiger partial charge in [-0.25, -0.2) is 9.07 Å². The summed E-state index contributed by atoms with van der Waals surface area (Å²) >= 11 is 1.93. The zero-order chi connectivity index (χ0) is 17.1. The van der Waals surface area contributed by atoms with Crippen molar-refractivity contribution in [2.75, 3.05) is 12.3 Å². The number of hydrogen-bond acceptors (Lipinski definition) is 3. The second-order valence-electron chi connectivity index (χ2n) is 6.13. The second kappa shape index (κ2) is 7.38. The van der Waals surface area contributed by atoms with Gasteiger partial charge in [-0.1, -0.05) is 12.1 Å². The second-order valence-corrected chi connectivity index (χ2v) is 7.54. The number of nitrogens with zero attached hydrogens (tertiary/aromatic N) is 2. The van der Waals surface area contributed by atoms with Crippen molar-refractivity contribution in [2.24, 2.45) is 0 Å². The van der Waals surface area contributed by atoms with E-state index < -0.39 is 0 Å². The first-order valence-electron chi connectivity index (χ1n) is 8.24. The van der Waals surface area contributed by atoms with E-state index in [-0.39, 0.29) is 18.1 Å². The Hall–Kier alpha value is -1.82. The van der Waals surface area contributed by atoms with Crippen LogP contribution >= 0.6 is 11.8 Å². The van der Waals surface area contributed by atoms with Gasteiger partial charge in [0.05, 0.1) is 12.1 Å². The van der Waals surface area contributed by atoms with Crippen LogP contribution in [0.15, 0.2) is 24.3 Å². The third-order valence-corrected chi connectivity index (χ3v) is 5.81. The van der Waals surface area contributed by atoms with Crippen LogP contribution in [0, 0.1) is 19.7 Å². The van der Waals surface area contributed by atoms with Crippen LogP contribution in [0.2, 0.25) is 0 Å². The number of rotatable bonds is 5. The van der Waals surface area contributed by atoms with Crippen molar-refractivity contribution in [3.8, 4) is 5.69 Å². The fourth-order valence-corrected chi connectivity index (χ4v) is 4.25. The van der Waals surface area contributed by atoms with Gasteiger partial charge in [0.25, 0.3) is 0 Å². The van der Waals surface area contributed by atoms with E-state index in [0.717, 1.165) is 23.5 Å². The van der Waals surface area contributed by atoms with Crippen molar-refractivity contribution in [3.63, 3.8) is 0 Å². The lowest BCUT2D eigenvalue weighted by Gasteiger charge is -2.10. The Labute approximate surface area is 145 Å². The van der Waals surface area contributed by atoms with Crippen LogP contribution in [0.1, 0.15) is 29.8 Å². The third kappa shape index (κ3) is 3.64. The lowest BCUT2D eigenvalue weighted by Crippen LogP contribution is -2.31. The maximum absolute atomic E-state index is 14.0. The molecule has 1 saturated heterocycles. The van der Waals surface area contributed by atoms with E-state index in [4.69, 9.17) is 0 Å². The number of para-hydroxylation sites is 1. The van der Waals surface area contributed by atoms with E-state index >= 15 is 0 Å². The van der Waals surface area contributed by atoms with Crippen molar-refractivity contribution in [3.05, 3.63) is 47.0 Å². The van der Waals surface area contributed by atoms with Crippen LogP contribution in [-0.4, -0.2) is 33.2 Å². The molecule has 1 N–H and O–H groups in total. The van der Waals surface area contributed by atoms with Crippen molar-refractivity contribution < 1.29 is 9.18 Å². The lowest BCUT2D eigenvalue weighted by molar-refractivity contribution is -0.120. The quantitative estimate of drug-likeness (QED) is 0.904. The highest BCUT2D eigenvalue weighted by molar-refractivity contribution is 8.00. The van der Waals surface area contributed by atoms with Gasteiger partial charge in [0.15, 0.2) is 0 Å². The third-order valence-electron chi connectivity index (χ3n) is 4.41. The highest BCUT2D eigenvalue weighted by atomic mass is 32.2. The van der Waals surface area contributed by atoms with Crippen LogP contribution in [0.3, 0.4) is 0 Å². The SMILES string of the molecule is Cc1nn(-c2ccccc2F)c(C)c1CC(=O)NC[C@H]1CCCS1. The molecule has 0 unspecified atom stereocenters. The molecule has 3 rings (SSSR count). The highest BCUT2D eigenvalue weighted by Gasteiger charge is 2.19. The predicted molar refractivity (Wildman–Crippen MR) is 95.2 cm³/mol. The van der Waals surface area contributed by atoms with Crippen LogP contribution in [0.5, 0.6) is 0 Å². The monoisotopic (exact) mass is 347 g/mol. The number of aromatic nitrogens is 2. The zero-order valence-corrected chi connectivity index (χ0v) is 14.8. The lowest BCUT2D eigenvalue weighted by atomic mass is 10.1. The van der Waals surface area contributed by atoms with Gasteiger partial charge in [0.2, 0.25) is 5.91 Å². The standard InChI is InChI=1S/C18H22FN3OS/c1-12-15(10-18(23)20-11-14-6-5-9-24-14)13(2)22(21-12)17-8-4-3-7-16(17)19/h3-4,7-8,14H,5-6,9-11H2,1-2H3,(H,20,23)/t14-/m1/s1. The molecule has 1 amide bonds. The first-order chi connectivity index (χ1) is 11.6. The molecule has 128 valence electrons. The number of nitrogens with one attached hydrogen (secondary N) is 1. The Morgan fingerprint density at radius 1 is 1.42 bits per heavy atom. The number of benzene rings is 1. The number of carbonyl (C=O) groups excluding carboxylic acids is 1. The molecule has 1 fully saturated rings. The van der Waals surface area contributed by atoms with E-state index in [1.807, 2.05) is 25.6 Å². The van der Waals surface area contributed by atoms with Gasteiger partial charge < -0.3 is 5.32 Å². The minimum absolute atomic E-state index is 0.00165. The molecule has 2 aromatic rings. The summed E-state index contributed by atoms with van der Waals surface area (Å²) in [7, 11) is 0. The Morgan fingerprint density at radius 2 is 2.21 bits per heavy atom. The number of thioether (sulfide) groups is 1. The molecule has 4 nitrogen and oxygen atoms in total.